The van der Waals surface area contributed by atoms with Gasteiger partial charge in [0.1, 0.15) is 0 Å². The van der Waals surface area contributed by atoms with Gasteiger partial charge < -0.3 is 14.5 Å². The standard InChI is InChI=1S/C24H28F3N3O2/c1-2-32-16-23-9-10-29(20-8-7-18(12-28)21(11-20)24(25,26)27)13-19(23)14-30(15-23)22(31)17-5-3-4-6-17/h3-4,7-8,11,17,19H,2,5-6,9-10,13-16H2,1H3. The first-order valence-corrected chi connectivity index (χ1v) is 11.2. The first-order valence-electron chi connectivity index (χ1n) is 11.2. The van der Waals surface area contributed by atoms with Crippen LogP contribution in [0.15, 0.2) is 30.4 Å². The average molecular weight is 448 g/mol. The highest BCUT2D eigenvalue weighted by atomic mass is 19.4. The van der Waals surface area contributed by atoms with Crippen molar-refractivity contribution in [2.45, 2.75) is 32.4 Å². The van der Waals surface area contributed by atoms with Gasteiger partial charge in [-0.05, 0) is 44.4 Å². The molecular weight excluding hydrogens is 419 g/mol. The number of fused-ring (bicyclic) bond motifs is 1. The van der Waals surface area contributed by atoms with E-state index in [0.29, 0.717) is 45.1 Å². The van der Waals surface area contributed by atoms with Crippen molar-refractivity contribution in [2.75, 3.05) is 44.3 Å². The molecule has 0 radical (unpaired) electrons. The zero-order valence-electron chi connectivity index (χ0n) is 18.2. The van der Waals surface area contributed by atoms with Crippen molar-refractivity contribution in [1.82, 2.24) is 4.90 Å². The van der Waals surface area contributed by atoms with Gasteiger partial charge in [0.15, 0.2) is 0 Å². The minimum absolute atomic E-state index is 0.00303. The van der Waals surface area contributed by atoms with E-state index in [1.807, 2.05) is 28.9 Å². The molecule has 0 bridgehead atoms. The van der Waals surface area contributed by atoms with Gasteiger partial charge in [0.25, 0.3) is 0 Å². The summed E-state index contributed by atoms with van der Waals surface area (Å²) in [6.45, 7) is 5.46. The third kappa shape index (κ3) is 4.23. The summed E-state index contributed by atoms with van der Waals surface area (Å²) in [5.74, 6) is 0.291. The number of ether oxygens (including phenoxy) is 1. The zero-order valence-corrected chi connectivity index (χ0v) is 18.2. The molecule has 1 aromatic rings. The summed E-state index contributed by atoms with van der Waals surface area (Å²) >= 11 is 0. The Bertz CT molecular complexity index is 931. The number of nitrogens with zero attached hydrogens (tertiary/aromatic N) is 3. The summed E-state index contributed by atoms with van der Waals surface area (Å²) in [6, 6.07) is 5.56. The van der Waals surface area contributed by atoms with Gasteiger partial charge in [-0.2, -0.15) is 18.4 Å². The largest absolute Gasteiger partial charge is 0.417 e. The van der Waals surface area contributed by atoms with Crippen molar-refractivity contribution in [2.24, 2.45) is 17.3 Å². The van der Waals surface area contributed by atoms with Crippen LogP contribution >= 0.6 is 0 Å². The number of alkyl halides is 3. The number of amides is 1. The molecule has 2 saturated heterocycles. The Labute approximate surface area is 186 Å². The second-order valence-electron chi connectivity index (χ2n) is 9.09. The molecule has 2 atom stereocenters. The van der Waals surface area contributed by atoms with Crippen LogP contribution in [0.5, 0.6) is 0 Å². The first kappa shape index (κ1) is 22.7. The highest BCUT2D eigenvalue weighted by Gasteiger charge is 2.51. The fourth-order valence-electron chi connectivity index (χ4n) is 5.36. The highest BCUT2D eigenvalue weighted by molar-refractivity contribution is 5.80. The van der Waals surface area contributed by atoms with Gasteiger partial charge in [0.05, 0.1) is 23.8 Å². The molecule has 0 aromatic heterocycles. The molecule has 2 fully saturated rings. The van der Waals surface area contributed by atoms with E-state index in [9.17, 15) is 18.0 Å². The number of anilines is 1. The smallest absolute Gasteiger partial charge is 0.381 e. The monoisotopic (exact) mass is 447 g/mol. The molecule has 1 amide bonds. The maximum Gasteiger partial charge on any atom is 0.417 e. The van der Waals surface area contributed by atoms with E-state index in [1.165, 1.54) is 6.07 Å². The maximum atomic E-state index is 13.5. The lowest BCUT2D eigenvalue weighted by molar-refractivity contribution is -0.137. The third-order valence-corrected chi connectivity index (χ3v) is 7.19. The number of rotatable bonds is 5. The van der Waals surface area contributed by atoms with E-state index in [2.05, 4.69) is 0 Å². The van der Waals surface area contributed by atoms with Gasteiger partial charge in [-0.25, -0.2) is 0 Å². The van der Waals surface area contributed by atoms with E-state index >= 15 is 0 Å². The van der Waals surface area contributed by atoms with Crippen LogP contribution in [0.25, 0.3) is 0 Å². The summed E-state index contributed by atoms with van der Waals surface area (Å²) in [5.41, 5.74) is -0.980. The van der Waals surface area contributed by atoms with Crippen molar-refractivity contribution < 1.29 is 22.7 Å². The molecule has 1 aromatic carbocycles. The van der Waals surface area contributed by atoms with Crippen LogP contribution in [0.1, 0.15) is 37.3 Å². The van der Waals surface area contributed by atoms with Gasteiger partial charge in [-0.15, -0.1) is 0 Å². The number of piperidine rings is 1. The van der Waals surface area contributed by atoms with Crippen LogP contribution in [-0.4, -0.2) is 50.2 Å². The number of hydrogen-bond donors (Lipinski definition) is 0. The van der Waals surface area contributed by atoms with Crippen LogP contribution in [0.3, 0.4) is 0 Å². The molecule has 4 rings (SSSR count). The summed E-state index contributed by atoms with van der Waals surface area (Å²) in [5, 5.41) is 9.07. The van der Waals surface area contributed by atoms with Crippen LogP contribution in [0, 0.1) is 28.6 Å². The summed E-state index contributed by atoms with van der Waals surface area (Å²) < 4.78 is 46.2. The van der Waals surface area contributed by atoms with Crippen molar-refractivity contribution in [3.8, 4) is 6.07 Å². The normalized spacial score (nSPS) is 25.8. The van der Waals surface area contributed by atoms with E-state index in [4.69, 9.17) is 10.00 Å². The van der Waals surface area contributed by atoms with E-state index in [1.54, 1.807) is 12.1 Å². The van der Waals surface area contributed by atoms with Crippen LogP contribution in [0.4, 0.5) is 18.9 Å². The van der Waals surface area contributed by atoms with Gasteiger partial charge in [-0.3, -0.25) is 4.79 Å². The molecule has 172 valence electrons. The average Bonchev–Trinajstić information content (AvgIpc) is 3.44. The predicted octanol–water partition coefficient (Wildman–Crippen LogP) is 4.23. The number of carbonyl (C=O) groups excluding carboxylic acids is 1. The van der Waals surface area contributed by atoms with Crippen molar-refractivity contribution in [1.29, 1.82) is 5.26 Å². The Morgan fingerprint density at radius 3 is 2.69 bits per heavy atom. The van der Waals surface area contributed by atoms with Crippen molar-refractivity contribution in [3.63, 3.8) is 0 Å². The lowest BCUT2D eigenvalue weighted by atomic mass is 9.73. The molecular formula is C24H28F3N3O2. The Morgan fingerprint density at radius 1 is 1.28 bits per heavy atom. The molecule has 2 aliphatic heterocycles. The predicted molar refractivity (Wildman–Crippen MR) is 114 cm³/mol. The highest BCUT2D eigenvalue weighted by Crippen LogP contribution is 2.45. The fourth-order valence-corrected chi connectivity index (χ4v) is 5.36. The second-order valence-corrected chi connectivity index (χ2v) is 9.09. The molecule has 32 heavy (non-hydrogen) atoms. The van der Waals surface area contributed by atoms with Gasteiger partial charge in [-0.1, -0.05) is 12.2 Å². The van der Waals surface area contributed by atoms with E-state index < -0.39 is 11.7 Å². The summed E-state index contributed by atoms with van der Waals surface area (Å²) in [6.07, 6.45) is 1.80. The number of benzene rings is 1. The molecule has 0 saturated carbocycles. The van der Waals surface area contributed by atoms with E-state index in [0.717, 1.165) is 25.3 Å². The Balaban J connectivity index is 1.56. The zero-order chi connectivity index (χ0) is 22.9. The number of allylic oxidation sites excluding steroid dienone is 2. The summed E-state index contributed by atoms with van der Waals surface area (Å²) in [4.78, 5) is 17.0. The topological polar surface area (TPSA) is 56.6 Å². The Kier molecular flexibility index (Phi) is 6.22. The van der Waals surface area contributed by atoms with Gasteiger partial charge in [0, 0.05) is 55.7 Å². The number of nitriles is 1. The molecule has 0 spiro atoms. The van der Waals surface area contributed by atoms with E-state index in [-0.39, 0.29) is 28.7 Å². The minimum atomic E-state index is -4.58. The molecule has 8 heteroatoms. The molecule has 5 nitrogen and oxygen atoms in total. The lowest BCUT2D eigenvalue weighted by Crippen LogP contribution is -2.49. The maximum absolute atomic E-state index is 13.5. The third-order valence-electron chi connectivity index (χ3n) is 7.19. The Hall–Kier alpha value is -2.53. The van der Waals surface area contributed by atoms with Crippen LogP contribution in [0.2, 0.25) is 0 Å². The van der Waals surface area contributed by atoms with Crippen LogP contribution < -0.4 is 4.90 Å². The lowest BCUT2D eigenvalue weighted by Gasteiger charge is -2.44. The van der Waals surface area contributed by atoms with Crippen molar-refractivity contribution >= 4 is 11.6 Å². The Morgan fingerprint density at radius 2 is 2.03 bits per heavy atom. The molecule has 1 aliphatic carbocycles. The van der Waals surface area contributed by atoms with Gasteiger partial charge in [0.2, 0.25) is 5.91 Å². The number of halogens is 3. The summed E-state index contributed by atoms with van der Waals surface area (Å²) in [7, 11) is 0. The first-order chi connectivity index (χ1) is 15.3. The second kappa shape index (κ2) is 8.78. The molecule has 0 N–H and O–H groups in total. The fraction of sp³-hybridized carbons (Fsp3) is 0.583. The molecule has 2 heterocycles. The quantitative estimate of drug-likeness (QED) is 0.634. The molecule has 3 aliphatic rings. The number of carbonyl (C=O) groups is 1. The number of hydrogen-bond acceptors (Lipinski definition) is 4. The van der Waals surface area contributed by atoms with Crippen molar-refractivity contribution in [3.05, 3.63) is 41.5 Å². The number of likely N-dealkylation sites (tertiary alicyclic amines) is 1. The van der Waals surface area contributed by atoms with Gasteiger partial charge >= 0.3 is 6.18 Å². The van der Waals surface area contributed by atoms with Crippen LogP contribution in [-0.2, 0) is 15.7 Å². The molecule has 2 unspecified atom stereocenters. The SMILES string of the molecule is CCOCC12CCN(c3ccc(C#N)c(C(F)(F)F)c3)CC1CN(C(=O)C1CC=CC1)C2. The minimum Gasteiger partial charge on any atom is -0.381 e.